The molecule has 0 bridgehead atoms. The molecule has 7 nitrogen and oxygen atoms in total. The summed E-state index contributed by atoms with van der Waals surface area (Å²) in [6.45, 7) is 1.74. The summed E-state index contributed by atoms with van der Waals surface area (Å²) in [5.74, 6) is -0.208. The predicted molar refractivity (Wildman–Crippen MR) is 90.5 cm³/mol. The lowest BCUT2D eigenvalue weighted by molar-refractivity contribution is -0.122. The molecule has 0 atom stereocenters. The summed E-state index contributed by atoms with van der Waals surface area (Å²) in [6, 6.07) is 6.88. The number of barbiturate groups is 1. The maximum Gasteiger partial charge on any atom is 0.335 e. The van der Waals surface area contributed by atoms with Crippen LogP contribution in [0.15, 0.2) is 40.3 Å². The number of rotatable bonds is 3. The summed E-state index contributed by atoms with van der Waals surface area (Å²) in [5.41, 5.74) is -0.0109. The zero-order valence-electron chi connectivity index (χ0n) is 13.3. The molecule has 1 aromatic carbocycles. The number of halogens is 1. The minimum absolute atomic E-state index is 0.210. The van der Waals surface area contributed by atoms with E-state index in [1.54, 1.807) is 19.1 Å². The van der Waals surface area contributed by atoms with Gasteiger partial charge in [0.25, 0.3) is 11.8 Å². The number of nitrogens with one attached hydrogen (secondary N) is 1. The number of benzene rings is 1. The Hall–Kier alpha value is -3.06. The van der Waals surface area contributed by atoms with Gasteiger partial charge in [-0.15, -0.1) is 0 Å². The van der Waals surface area contributed by atoms with Gasteiger partial charge in [-0.05, 0) is 43.3 Å². The van der Waals surface area contributed by atoms with Crippen molar-refractivity contribution in [2.75, 3.05) is 12.0 Å². The first-order valence-corrected chi connectivity index (χ1v) is 7.60. The molecule has 1 saturated heterocycles. The van der Waals surface area contributed by atoms with E-state index in [1.165, 1.54) is 31.4 Å². The fourth-order valence-electron chi connectivity index (χ4n) is 2.36. The molecule has 3 rings (SSSR count). The largest absolute Gasteiger partial charge is 0.495 e. The minimum atomic E-state index is -0.857. The molecule has 1 fully saturated rings. The highest BCUT2D eigenvalue weighted by molar-refractivity contribution is 6.39. The van der Waals surface area contributed by atoms with Crippen molar-refractivity contribution in [3.8, 4) is 5.75 Å². The molecule has 4 amide bonds. The Morgan fingerprint density at radius 1 is 1.20 bits per heavy atom. The van der Waals surface area contributed by atoms with Crippen LogP contribution in [0.2, 0.25) is 5.02 Å². The number of carbonyl (C=O) groups is 3. The van der Waals surface area contributed by atoms with Crippen molar-refractivity contribution in [3.05, 3.63) is 52.4 Å². The number of hydrogen-bond acceptors (Lipinski definition) is 5. The van der Waals surface area contributed by atoms with Crippen LogP contribution >= 0.6 is 11.6 Å². The van der Waals surface area contributed by atoms with Crippen LogP contribution in [-0.4, -0.2) is 25.0 Å². The molecule has 0 radical (unpaired) electrons. The number of imide groups is 2. The van der Waals surface area contributed by atoms with Crippen molar-refractivity contribution in [2.45, 2.75) is 6.92 Å². The van der Waals surface area contributed by atoms with Gasteiger partial charge in [0.2, 0.25) is 0 Å². The number of nitrogens with zero attached hydrogens (tertiary/aromatic N) is 1. The Balaban J connectivity index is 2.01. The van der Waals surface area contributed by atoms with E-state index in [0.29, 0.717) is 17.3 Å². The molecule has 128 valence electrons. The number of aryl methyl sites for hydroxylation is 1. The lowest BCUT2D eigenvalue weighted by atomic mass is 10.1. The summed E-state index contributed by atoms with van der Waals surface area (Å²) >= 11 is 6.05. The number of carbonyl (C=O) groups excluding carboxylic acids is 3. The minimum Gasteiger partial charge on any atom is -0.495 e. The molecule has 2 aromatic rings. The lowest BCUT2D eigenvalue weighted by Gasteiger charge is -2.26. The zero-order chi connectivity index (χ0) is 18.1. The monoisotopic (exact) mass is 360 g/mol. The number of hydrogen-bond donors (Lipinski definition) is 1. The molecule has 1 aromatic heterocycles. The van der Waals surface area contributed by atoms with E-state index in [-0.39, 0.29) is 16.3 Å². The highest BCUT2D eigenvalue weighted by Gasteiger charge is 2.37. The van der Waals surface area contributed by atoms with Gasteiger partial charge in [0.1, 0.15) is 22.8 Å². The predicted octanol–water partition coefficient (Wildman–Crippen LogP) is 2.92. The first-order valence-electron chi connectivity index (χ1n) is 7.22. The van der Waals surface area contributed by atoms with Gasteiger partial charge in [-0.3, -0.25) is 14.9 Å². The number of amides is 4. The average Bonchev–Trinajstić information content (AvgIpc) is 2.96. The van der Waals surface area contributed by atoms with E-state index < -0.39 is 17.8 Å². The number of methoxy groups -OCH3 is 1. The molecule has 8 heteroatoms. The van der Waals surface area contributed by atoms with Crippen LogP contribution in [0.1, 0.15) is 11.5 Å². The number of ether oxygens (including phenoxy) is 1. The van der Waals surface area contributed by atoms with Crippen molar-refractivity contribution < 1.29 is 23.5 Å². The maximum atomic E-state index is 12.7. The molecule has 1 N–H and O–H groups in total. The molecule has 0 saturated carbocycles. The standard InChI is InChI=1S/C17H13ClN2O5/c1-9-3-5-11(25-9)8-12-15(21)19-17(23)20(16(12)22)10-4-6-14(24-2)13(18)7-10/h3-8H,1-2H3,(H,19,21,23)/b12-8+. The van der Waals surface area contributed by atoms with Gasteiger partial charge < -0.3 is 9.15 Å². The third-order valence-corrected chi connectivity index (χ3v) is 3.84. The Kier molecular flexibility index (Phi) is 4.33. The normalized spacial score (nSPS) is 16.4. The Morgan fingerprint density at radius 2 is 1.96 bits per heavy atom. The third-order valence-electron chi connectivity index (χ3n) is 3.54. The molecule has 1 aliphatic heterocycles. The Bertz CT molecular complexity index is 916. The number of anilines is 1. The molecule has 1 aliphatic rings. The fraction of sp³-hybridized carbons (Fsp3) is 0.118. The second kappa shape index (κ2) is 6.45. The van der Waals surface area contributed by atoms with Gasteiger partial charge >= 0.3 is 6.03 Å². The Morgan fingerprint density at radius 3 is 2.56 bits per heavy atom. The molecule has 2 heterocycles. The first-order chi connectivity index (χ1) is 11.9. The van der Waals surface area contributed by atoms with Crippen LogP contribution in [0.25, 0.3) is 6.08 Å². The van der Waals surface area contributed by atoms with Crippen molar-refractivity contribution in [1.82, 2.24) is 5.32 Å². The molecule has 0 unspecified atom stereocenters. The second-order valence-electron chi connectivity index (χ2n) is 5.23. The van der Waals surface area contributed by atoms with Gasteiger partial charge in [-0.1, -0.05) is 11.6 Å². The molecule has 0 aliphatic carbocycles. The second-order valence-corrected chi connectivity index (χ2v) is 5.63. The first kappa shape index (κ1) is 16.8. The van der Waals surface area contributed by atoms with Crippen molar-refractivity contribution >= 4 is 41.2 Å². The summed E-state index contributed by atoms with van der Waals surface area (Å²) in [5, 5.41) is 2.35. The molecular weight excluding hydrogens is 348 g/mol. The summed E-state index contributed by atoms with van der Waals surface area (Å²) in [4.78, 5) is 37.7. The van der Waals surface area contributed by atoms with Crippen molar-refractivity contribution in [3.63, 3.8) is 0 Å². The molecular formula is C17H13ClN2O5. The van der Waals surface area contributed by atoms with E-state index in [4.69, 9.17) is 20.8 Å². The van der Waals surface area contributed by atoms with Gasteiger partial charge in [0.15, 0.2) is 0 Å². The van der Waals surface area contributed by atoms with E-state index in [1.807, 2.05) is 0 Å². The molecule has 25 heavy (non-hydrogen) atoms. The van der Waals surface area contributed by atoms with Crippen LogP contribution in [0.5, 0.6) is 5.75 Å². The van der Waals surface area contributed by atoms with Crippen LogP contribution in [-0.2, 0) is 9.59 Å². The maximum absolute atomic E-state index is 12.7. The van der Waals surface area contributed by atoms with E-state index >= 15 is 0 Å². The van der Waals surface area contributed by atoms with E-state index in [9.17, 15) is 14.4 Å². The van der Waals surface area contributed by atoms with Gasteiger partial charge in [-0.25, -0.2) is 9.69 Å². The number of urea groups is 1. The zero-order valence-corrected chi connectivity index (χ0v) is 14.1. The van der Waals surface area contributed by atoms with Gasteiger partial charge in [0, 0.05) is 0 Å². The van der Waals surface area contributed by atoms with Crippen LogP contribution in [0.4, 0.5) is 10.5 Å². The summed E-state index contributed by atoms with van der Waals surface area (Å²) in [7, 11) is 1.45. The summed E-state index contributed by atoms with van der Waals surface area (Å²) < 4.78 is 10.4. The van der Waals surface area contributed by atoms with E-state index in [2.05, 4.69) is 5.32 Å². The van der Waals surface area contributed by atoms with Gasteiger partial charge in [0.05, 0.1) is 17.8 Å². The van der Waals surface area contributed by atoms with Crippen molar-refractivity contribution in [1.29, 1.82) is 0 Å². The van der Waals surface area contributed by atoms with Crippen LogP contribution in [0, 0.1) is 6.92 Å². The highest BCUT2D eigenvalue weighted by Crippen LogP contribution is 2.31. The Labute approximate surface area is 147 Å². The molecule has 0 spiro atoms. The SMILES string of the molecule is COc1ccc(N2C(=O)NC(=O)/C(=C\c3ccc(C)o3)C2=O)cc1Cl. The fourth-order valence-corrected chi connectivity index (χ4v) is 2.61. The van der Waals surface area contributed by atoms with E-state index in [0.717, 1.165) is 4.90 Å². The number of furan rings is 1. The average molecular weight is 361 g/mol. The van der Waals surface area contributed by atoms with Crippen LogP contribution in [0.3, 0.4) is 0 Å². The van der Waals surface area contributed by atoms with Crippen molar-refractivity contribution in [2.24, 2.45) is 0 Å². The van der Waals surface area contributed by atoms with Crippen LogP contribution < -0.4 is 15.0 Å². The summed E-state index contributed by atoms with van der Waals surface area (Å²) in [6.07, 6.45) is 1.29. The third kappa shape index (κ3) is 3.14. The highest BCUT2D eigenvalue weighted by atomic mass is 35.5. The quantitative estimate of drug-likeness (QED) is 0.671. The lowest BCUT2D eigenvalue weighted by Crippen LogP contribution is -2.54. The van der Waals surface area contributed by atoms with Gasteiger partial charge in [-0.2, -0.15) is 0 Å². The topological polar surface area (TPSA) is 88.8 Å². The smallest absolute Gasteiger partial charge is 0.335 e.